The van der Waals surface area contributed by atoms with Crippen molar-refractivity contribution in [3.8, 4) is 22.3 Å². The third-order valence-electron chi connectivity index (χ3n) is 9.48. The monoisotopic (exact) mass is 626 g/mol. The quantitative estimate of drug-likeness (QED) is 0.150. The van der Waals surface area contributed by atoms with Crippen molar-refractivity contribution in [3.63, 3.8) is 0 Å². The third kappa shape index (κ3) is 7.09. The van der Waals surface area contributed by atoms with E-state index in [4.69, 9.17) is 0 Å². The summed E-state index contributed by atoms with van der Waals surface area (Å²) in [6, 6.07) is 34.8. The predicted octanol–water partition coefficient (Wildman–Crippen LogP) is 14.1. The molecule has 2 nitrogen and oxygen atoms in total. The Balaban J connectivity index is 1.12. The van der Waals surface area contributed by atoms with E-state index in [1.165, 1.54) is 66.8 Å². The molecular weight excluding hydrogens is 581 g/mol. The van der Waals surface area contributed by atoms with E-state index in [-0.39, 0.29) is 0 Å². The first-order valence-corrected chi connectivity index (χ1v) is 17.1. The molecule has 0 bridgehead atoms. The summed E-state index contributed by atoms with van der Waals surface area (Å²) < 4.78 is 0. The van der Waals surface area contributed by atoms with Crippen LogP contribution in [-0.2, 0) is 0 Å². The molecule has 2 aromatic carbocycles. The van der Waals surface area contributed by atoms with Crippen molar-refractivity contribution in [2.75, 3.05) is 0 Å². The Morgan fingerprint density at radius 3 is 1.15 bits per heavy atom. The van der Waals surface area contributed by atoms with Crippen LogP contribution in [0.4, 0.5) is 11.4 Å². The zero-order valence-corrected chi connectivity index (χ0v) is 29.6. The maximum absolute atomic E-state index is 4.50. The van der Waals surface area contributed by atoms with Gasteiger partial charge in [0.15, 0.2) is 0 Å². The molecule has 0 aliphatic heterocycles. The number of nitrogens with zero attached hydrogens (tertiary/aromatic N) is 2. The molecule has 2 heteroatoms. The highest BCUT2D eigenvalue weighted by Crippen LogP contribution is 2.38. The Morgan fingerprint density at radius 2 is 0.792 bits per heavy atom. The van der Waals surface area contributed by atoms with Crippen LogP contribution in [0.5, 0.6) is 0 Å². The summed E-state index contributed by atoms with van der Waals surface area (Å²) in [7, 11) is 0. The molecule has 0 aromatic heterocycles. The maximum atomic E-state index is 4.50. The molecule has 4 aliphatic rings. The second-order valence-corrected chi connectivity index (χ2v) is 13.8. The van der Waals surface area contributed by atoms with Crippen LogP contribution in [0.15, 0.2) is 107 Å². The van der Waals surface area contributed by atoms with E-state index in [2.05, 4.69) is 163 Å². The highest BCUT2D eigenvalue weighted by molar-refractivity contribution is 5.88. The molecular formula is C46H46N2. The molecule has 0 fully saturated rings. The number of azo groups is 1. The second kappa shape index (κ2) is 14.0. The molecule has 48 heavy (non-hydrogen) atoms. The van der Waals surface area contributed by atoms with E-state index in [0.29, 0.717) is 11.8 Å². The van der Waals surface area contributed by atoms with Crippen LogP contribution in [0.25, 0.3) is 46.6 Å². The van der Waals surface area contributed by atoms with Crippen molar-refractivity contribution < 1.29 is 0 Å². The summed E-state index contributed by atoms with van der Waals surface area (Å²) in [5.41, 5.74) is 19.8. The lowest BCUT2D eigenvalue weighted by Crippen LogP contribution is -1.84. The summed E-state index contributed by atoms with van der Waals surface area (Å²) in [6.45, 7) is 17.9. The van der Waals surface area contributed by atoms with Gasteiger partial charge >= 0.3 is 0 Å². The van der Waals surface area contributed by atoms with E-state index in [1.807, 2.05) is 24.3 Å². The van der Waals surface area contributed by atoms with Gasteiger partial charge < -0.3 is 0 Å². The Hall–Kier alpha value is -5.08. The van der Waals surface area contributed by atoms with E-state index < -0.39 is 0 Å². The van der Waals surface area contributed by atoms with Crippen LogP contribution in [0.2, 0.25) is 0 Å². The van der Waals surface area contributed by atoms with Gasteiger partial charge in [0.25, 0.3) is 0 Å². The zero-order chi connectivity index (χ0) is 33.9. The first-order chi connectivity index (χ1) is 23.1. The molecule has 0 spiro atoms. The van der Waals surface area contributed by atoms with Crippen molar-refractivity contribution in [2.45, 2.75) is 67.2 Å². The Bertz CT molecular complexity index is 1930. The number of rotatable bonds is 8. The van der Waals surface area contributed by atoms with Crippen LogP contribution in [0, 0.1) is 27.7 Å². The lowest BCUT2D eigenvalue weighted by molar-refractivity contribution is 0.868. The van der Waals surface area contributed by atoms with Crippen LogP contribution < -0.4 is 0 Å². The van der Waals surface area contributed by atoms with E-state index in [9.17, 15) is 0 Å². The van der Waals surface area contributed by atoms with Crippen molar-refractivity contribution >= 4 is 35.7 Å². The molecule has 6 rings (SSSR count). The smallest absolute Gasteiger partial charge is 0.0857 e. The fourth-order valence-corrected chi connectivity index (χ4v) is 6.54. The average molecular weight is 627 g/mol. The van der Waals surface area contributed by atoms with Gasteiger partial charge in [0.05, 0.1) is 11.4 Å². The fourth-order valence-electron chi connectivity index (χ4n) is 6.54. The topological polar surface area (TPSA) is 24.7 Å². The van der Waals surface area contributed by atoms with Crippen LogP contribution >= 0.6 is 0 Å². The van der Waals surface area contributed by atoms with Gasteiger partial charge in [-0.15, -0.1) is 0 Å². The molecule has 0 unspecified atom stereocenters. The molecule has 2 aromatic rings. The number of fused-ring (bicyclic) bond motifs is 2. The van der Waals surface area contributed by atoms with E-state index in [0.717, 1.165) is 22.5 Å². The predicted molar refractivity (Wildman–Crippen MR) is 208 cm³/mol. The zero-order valence-electron chi connectivity index (χ0n) is 29.6. The number of aryl methyl sites for hydroxylation is 4. The SMILES string of the molecule is Cc1cc(/C=C/c2ccc(N=Nc3ccc(/C=C/c4cc(C)c5cc(C(C)C)ccc(C)c4-5)cc3)cc2)c2c(C)ccc(C(C)C)cc1-2. The molecule has 240 valence electrons. The van der Waals surface area contributed by atoms with Gasteiger partial charge in [-0.1, -0.05) is 125 Å². The molecule has 0 saturated carbocycles. The normalized spacial score (nSPS) is 12.3. The highest BCUT2D eigenvalue weighted by Gasteiger charge is 2.16. The van der Waals surface area contributed by atoms with E-state index in [1.54, 1.807) is 0 Å². The van der Waals surface area contributed by atoms with Crippen LogP contribution in [0.1, 0.15) is 95.2 Å². The minimum Gasteiger partial charge on any atom is -0.151 e. The van der Waals surface area contributed by atoms with Gasteiger partial charge in [0.2, 0.25) is 0 Å². The highest BCUT2D eigenvalue weighted by atomic mass is 15.1. The molecule has 0 saturated heterocycles. The minimum atomic E-state index is 0.499. The first kappa shape index (κ1) is 32.8. The largest absolute Gasteiger partial charge is 0.151 e. The van der Waals surface area contributed by atoms with Gasteiger partial charge in [-0.05, 0) is 142 Å². The summed E-state index contributed by atoms with van der Waals surface area (Å²) in [5.74, 6) is 0.999. The number of hydrogen-bond donors (Lipinski definition) is 0. The van der Waals surface area contributed by atoms with Gasteiger partial charge in [-0.25, -0.2) is 0 Å². The first-order valence-electron chi connectivity index (χ1n) is 17.1. The maximum Gasteiger partial charge on any atom is 0.0857 e. The molecule has 4 aliphatic carbocycles. The average Bonchev–Trinajstić information content (AvgIpc) is 3.39. The van der Waals surface area contributed by atoms with Gasteiger partial charge in [-0.3, -0.25) is 0 Å². The third-order valence-corrected chi connectivity index (χ3v) is 9.48. The van der Waals surface area contributed by atoms with Gasteiger partial charge in [0, 0.05) is 0 Å². The number of hydrogen-bond acceptors (Lipinski definition) is 2. The van der Waals surface area contributed by atoms with Crippen LogP contribution in [0.3, 0.4) is 0 Å². The lowest BCUT2D eigenvalue weighted by atomic mass is 10.0. The summed E-state index contributed by atoms with van der Waals surface area (Å²) >= 11 is 0. The van der Waals surface area contributed by atoms with Crippen molar-refractivity contribution in [2.24, 2.45) is 10.2 Å². The lowest BCUT2D eigenvalue weighted by Gasteiger charge is -2.04. The standard InChI is InChI=1S/C46H46N2/c1-29(2)37-17-9-31(5)45-39(25-33(7)43(45)27-37)19-11-35-13-21-41(22-14-35)47-48-42-23-15-36(16-24-42)12-20-40-26-34(8)44-28-38(30(3)4)18-10-32(6)46(40)44/h9-30H,1-8H3/b19-11+,20-12+,48-47?. The summed E-state index contributed by atoms with van der Waals surface area (Å²) in [6.07, 6.45) is 8.83. The van der Waals surface area contributed by atoms with E-state index >= 15 is 0 Å². The molecule has 0 amide bonds. The molecule has 0 radical (unpaired) electrons. The minimum absolute atomic E-state index is 0.499. The number of benzene rings is 2. The molecule has 0 atom stereocenters. The summed E-state index contributed by atoms with van der Waals surface area (Å²) in [4.78, 5) is 0. The van der Waals surface area contributed by atoms with Gasteiger partial charge in [0.1, 0.15) is 0 Å². The van der Waals surface area contributed by atoms with Crippen molar-refractivity contribution in [1.82, 2.24) is 0 Å². The van der Waals surface area contributed by atoms with Crippen molar-refractivity contribution in [3.05, 3.63) is 153 Å². The van der Waals surface area contributed by atoms with Crippen molar-refractivity contribution in [1.29, 1.82) is 0 Å². The van der Waals surface area contributed by atoms with Crippen LogP contribution in [-0.4, -0.2) is 0 Å². The molecule has 0 N–H and O–H groups in total. The van der Waals surface area contributed by atoms with Gasteiger partial charge in [-0.2, -0.15) is 10.2 Å². The Kier molecular flexibility index (Phi) is 9.55. The molecule has 0 heterocycles. The Morgan fingerprint density at radius 1 is 0.417 bits per heavy atom. The Labute approximate surface area is 287 Å². The summed E-state index contributed by atoms with van der Waals surface area (Å²) in [5, 5.41) is 9.00. The fraction of sp³-hybridized carbons (Fsp3) is 0.217. The second-order valence-electron chi connectivity index (χ2n) is 13.8.